The lowest BCUT2D eigenvalue weighted by atomic mass is 10.0. The summed E-state index contributed by atoms with van der Waals surface area (Å²) >= 11 is 5.79. The molecule has 0 atom stereocenters. The van der Waals surface area contributed by atoms with Crippen LogP contribution in [0.4, 0.5) is 0 Å². The van der Waals surface area contributed by atoms with Gasteiger partial charge in [0.2, 0.25) is 0 Å². The minimum Gasteiger partial charge on any atom is -0.478 e. The van der Waals surface area contributed by atoms with Gasteiger partial charge in [0.25, 0.3) is 5.91 Å². The van der Waals surface area contributed by atoms with Crippen molar-refractivity contribution in [3.05, 3.63) is 33.8 Å². The molecule has 1 aromatic carbocycles. The SMILES string of the molecule is O=C(O)c1ccc(Cl)c2c1CNC2=O. The maximum atomic E-state index is 11.3. The first kappa shape index (κ1) is 9.02. The number of hydrogen-bond acceptors (Lipinski definition) is 2. The number of carboxylic acids is 1. The highest BCUT2D eigenvalue weighted by atomic mass is 35.5. The molecule has 0 spiro atoms. The average molecular weight is 212 g/mol. The lowest BCUT2D eigenvalue weighted by molar-refractivity contribution is 0.0695. The van der Waals surface area contributed by atoms with Crippen LogP contribution in [0.15, 0.2) is 12.1 Å². The predicted molar refractivity (Wildman–Crippen MR) is 49.6 cm³/mol. The minimum absolute atomic E-state index is 0.128. The van der Waals surface area contributed by atoms with E-state index in [1.807, 2.05) is 0 Å². The summed E-state index contributed by atoms with van der Waals surface area (Å²) in [6.07, 6.45) is 0. The van der Waals surface area contributed by atoms with E-state index in [0.29, 0.717) is 10.6 Å². The van der Waals surface area contributed by atoms with Crippen molar-refractivity contribution >= 4 is 23.5 Å². The summed E-state index contributed by atoms with van der Waals surface area (Å²) in [4.78, 5) is 22.1. The highest BCUT2D eigenvalue weighted by molar-refractivity contribution is 6.34. The molecule has 0 saturated heterocycles. The van der Waals surface area contributed by atoms with Gasteiger partial charge in [0.1, 0.15) is 0 Å². The maximum Gasteiger partial charge on any atom is 0.336 e. The first-order valence-corrected chi connectivity index (χ1v) is 4.32. The second-order valence-corrected chi connectivity index (χ2v) is 3.34. The predicted octanol–water partition coefficient (Wildman–Crippen LogP) is 1.28. The molecule has 2 rings (SSSR count). The standard InChI is InChI=1S/C9H6ClNO3/c10-6-2-1-4(9(13)14)5-3-11-8(12)7(5)6/h1-2H,3H2,(H,11,12)(H,13,14). The van der Waals surface area contributed by atoms with Gasteiger partial charge in [0.05, 0.1) is 16.1 Å². The van der Waals surface area contributed by atoms with E-state index in [-0.39, 0.29) is 23.6 Å². The molecule has 1 aliphatic rings. The van der Waals surface area contributed by atoms with E-state index in [1.165, 1.54) is 12.1 Å². The number of benzene rings is 1. The van der Waals surface area contributed by atoms with Gasteiger partial charge in [-0.2, -0.15) is 0 Å². The molecule has 5 heteroatoms. The van der Waals surface area contributed by atoms with E-state index in [2.05, 4.69) is 5.32 Å². The molecule has 72 valence electrons. The lowest BCUT2D eigenvalue weighted by Gasteiger charge is -2.02. The van der Waals surface area contributed by atoms with E-state index < -0.39 is 5.97 Å². The Kier molecular flexibility index (Phi) is 1.93. The topological polar surface area (TPSA) is 66.4 Å². The molecule has 0 fully saturated rings. The van der Waals surface area contributed by atoms with Crippen molar-refractivity contribution in [2.75, 3.05) is 0 Å². The summed E-state index contributed by atoms with van der Waals surface area (Å²) in [6.45, 7) is 0.232. The summed E-state index contributed by atoms with van der Waals surface area (Å²) in [6, 6.07) is 2.83. The van der Waals surface area contributed by atoms with Crippen LogP contribution in [-0.2, 0) is 6.54 Å². The number of carbonyl (C=O) groups is 2. The number of carboxylic acid groups (broad SMARTS) is 1. The lowest BCUT2D eigenvalue weighted by Crippen LogP contribution is -2.12. The zero-order chi connectivity index (χ0) is 10.3. The number of rotatable bonds is 1. The van der Waals surface area contributed by atoms with Crippen LogP contribution in [0.3, 0.4) is 0 Å². The van der Waals surface area contributed by atoms with Crippen molar-refractivity contribution in [3.8, 4) is 0 Å². The van der Waals surface area contributed by atoms with Gasteiger partial charge < -0.3 is 10.4 Å². The Morgan fingerprint density at radius 1 is 1.50 bits per heavy atom. The molecule has 0 unspecified atom stereocenters. The summed E-state index contributed by atoms with van der Waals surface area (Å²) in [7, 11) is 0. The van der Waals surface area contributed by atoms with Crippen LogP contribution in [0.25, 0.3) is 0 Å². The molecule has 0 bridgehead atoms. The highest BCUT2D eigenvalue weighted by Crippen LogP contribution is 2.27. The van der Waals surface area contributed by atoms with Crippen molar-refractivity contribution in [2.24, 2.45) is 0 Å². The minimum atomic E-state index is -1.05. The van der Waals surface area contributed by atoms with Gasteiger partial charge in [0.15, 0.2) is 0 Å². The normalized spacial score (nSPS) is 13.6. The van der Waals surface area contributed by atoms with E-state index >= 15 is 0 Å². The van der Waals surface area contributed by atoms with Gasteiger partial charge in [-0.15, -0.1) is 0 Å². The van der Waals surface area contributed by atoms with Crippen LogP contribution in [0, 0.1) is 0 Å². The van der Waals surface area contributed by atoms with Crippen LogP contribution in [0.1, 0.15) is 26.3 Å². The summed E-state index contributed by atoms with van der Waals surface area (Å²) in [5.74, 6) is -1.36. The molecule has 14 heavy (non-hydrogen) atoms. The number of aromatic carboxylic acids is 1. The van der Waals surface area contributed by atoms with Crippen LogP contribution in [0.2, 0.25) is 5.02 Å². The van der Waals surface area contributed by atoms with Crippen LogP contribution in [0.5, 0.6) is 0 Å². The molecule has 2 N–H and O–H groups in total. The smallest absolute Gasteiger partial charge is 0.336 e. The summed E-state index contributed by atoms with van der Waals surface area (Å²) in [5, 5.41) is 11.7. The monoisotopic (exact) mass is 211 g/mol. The van der Waals surface area contributed by atoms with E-state index in [0.717, 1.165) is 0 Å². The first-order chi connectivity index (χ1) is 6.61. The Labute approximate surface area is 84.5 Å². The fourth-order valence-corrected chi connectivity index (χ4v) is 1.77. The molecule has 0 aromatic heterocycles. The Balaban J connectivity index is 2.70. The molecule has 1 amide bonds. The average Bonchev–Trinajstić information content (AvgIpc) is 2.49. The summed E-state index contributed by atoms with van der Waals surface area (Å²) in [5.41, 5.74) is 0.879. The third kappa shape index (κ3) is 1.15. The van der Waals surface area contributed by atoms with Crippen molar-refractivity contribution in [1.29, 1.82) is 0 Å². The van der Waals surface area contributed by atoms with Gasteiger partial charge in [-0.1, -0.05) is 11.6 Å². The Bertz CT molecular complexity index is 442. The fraction of sp³-hybridized carbons (Fsp3) is 0.111. The Hall–Kier alpha value is -1.55. The van der Waals surface area contributed by atoms with Crippen molar-refractivity contribution in [2.45, 2.75) is 6.54 Å². The van der Waals surface area contributed by atoms with E-state index in [1.54, 1.807) is 0 Å². The van der Waals surface area contributed by atoms with Crippen molar-refractivity contribution in [1.82, 2.24) is 5.32 Å². The third-order valence-corrected chi connectivity index (χ3v) is 2.46. The van der Waals surface area contributed by atoms with Gasteiger partial charge in [-0.3, -0.25) is 4.79 Å². The fourth-order valence-electron chi connectivity index (χ4n) is 1.51. The van der Waals surface area contributed by atoms with Gasteiger partial charge in [-0.25, -0.2) is 4.79 Å². The molecule has 1 aromatic rings. The maximum absolute atomic E-state index is 11.3. The molecule has 1 heterocycles. The van der Waals surface area contributed by atoms with Crippen LogP contribution >= 0.6 is 11.6 Å². The van der Waals surface area contributed by atoms with Gasteiger partial charge >= 0.3 is 5.97 Å². The highest BCUT2D eigenvalue weighted by Gasteiger charge is 2.26. The number of halogens is 1. The van der Waals surface area contributed by atoms with E-state index in [9.17, 15) is 9.59 Å². The zero-order valence-corrected chi connectivity index (χ0v) is 7.76. The van der Waals surface area contributed by atoms with Gasteiger partial charge in [-0.05, 0) is 12.1 Å². The molecule has 1 aliphatic heterocycles. The third-order valence-electron chi connectivity index (χ3n) is 2.15. The van der Waals surface area contributed by atoms with Crippen LogP contribution in [-0.4, -0.2) is 17.0 Å². The zero-order valence-electron chi connectivity index (χ0n) is 7.00. The summed E-state index contributed by atoms with van der Waals surface area (Å²) < 4.78 is 0. The molecular formula is C9H6ClNO3. The van der Waals surface area contributed by atoms with E-state index in [4.69, 9.17) is 16.7 Å². The number of fused-ring (bicyclic) bond motifs is 1. The van der Waals surface area contributed by atoms with Crippen molar-refractivity contribution < 1.29 is 14.7 Å². The number of carbonyl (C=O) groups excluding carboxylic acids is 1. The quantitative estimate of drug-likeness (QED) is 0.736. The largest absolute Gasteiger partial charge is 0.478 e. The first-order valence-electron chi connectivity index (χ1n) is 3.94. The number of nitrogens with one attached hydrogen (secondary N) is 1. The molecule has 4 nitrogen and oxygen atoms in total. The molecule has 0 radical (unpaired) electrons. The number of amides is 1. The second-order valence-electron chi connectivity index (χ2n) is 2.94. The molecular weight excluding hydrogens is 206 g/mol. The number of hydrogen-bond donors (Lipinski definition) is 2. The van der Waals surface area contributed by atoms with Crippen molar-refractivity contribution in [3.63, 3.8) is 0 Å². The Morgan fingerprint density at radius 3 is 2.86 bits per heavy atom. The molecule has 0 saturated carbocycles. The molecule has 0 aliphatic carbocycles. The van der Waals surface area contributed by atoms with Gasteiger partial charge in [0, 0.05) is 12.1 Å². The van der Waals surface area contributed by atoms with Crippen LogP contribution < -0.4 is 5.32 Å². The Morgan fingerprint density at radius 2 is 2.21 bits per heavy atom. The second kappa shape index (κ2) is 2.99.